The molecule has 42 heavy (non-hydrogen) atoms. The molecule has 3 aromatic rings. The van der Waals surface area contributed by atoms with Gasteiger partial charge in [0.05, 0.1) is 58.3 Å². The largest absolute Gasteiger partial charge is 1.00 e. The molecule has 2 aliphatic heterocycles. The second kappa shape index (κ2) is 12.9. The summed E-state index contributed by atoms with van der Waals surface area (Å²) in [6, 6.07) is 15.0. The maximum absolute atomic E-state index is 13.6. The molecule has 2 amide bonds. The Morgan fingerprint density at radius 1 is 1.00 bits per heavy atom. The van der Waals surface area contributed by atoms with Crippen LogP contribution in [0.4, 0.5) is 19.3 Å². The highest BCUT2D eigenvalue weighted by molar-refractivity contribution is 6.03. The van der Waals surface area contributed by atoms with Crippen LogP contribution in [0.2, 0.25) is 0 Å². The number of aliphatic hydroxyl groups excluding tert-OH is 1. The van der Waals surface area contributed by atoms with Crippen LogP contribution in [0.25, 0.3) is 0 Å². The Morgan fingerprint density at radius 3 is 2.19 bits per heavy atom. The number of carbonyl (C=O) groups excluding carboxylic acids is 2. The molecular weight excluding hydrogens is 659 g/mol. The average molecular weight is 694 g/mol. The Labute approximate surface area is 260 Å². The summed E-state index contributed by atoms with van der Waals surface area (Å²) in [6.07, 6.45) is -0.869. The SMILES string of the molecule is C[N+]1(C)CCN(C(=O)Oc2ccc([C@@H]3[C@@H](CC[C@H](O)c4ccc(F)cc4)C(=O)N3c3ccc(F)cc3)c(O)c2)CC1.[I-]. The molecule has 2 aliphatic rings. The van der Waals surface area contributed by atoms with Gasteiger partial charge in [-0.1, -0.05) is 12.1 Å². The van der Waals surface area contributed by atoms with Gasteiger partial charge in [-0.25, -0.2) is 13.6 Å². The number of nitrogens with zero attached hydrogens (tertiary/aromatic N) is 3. The maximum atomic E-state index is 13.6. The van der Waals surface area contributed by atoms with Gasteiger partial charge in [-0.3, -0.25) is 9.69 Å². The second-order valence-corrected chi connectivity index (χ2v) is 11.3. The summed E-state index contributed by atoms with van der Waals surface area (Å²) in [5.74, 6) is -1.63. The van der Waals surface area contributed by atoms with E-state index in [1.54, 1.807) is 17.0 Å². The molecule has 8 nitrogen and oxygen atoms in total. The molecule has 5 rings (SSSR count). The third-order valence-electron chi connectivity index (χ3n) is 8.06. The highest BCUT2D eigenvalue weighted by Gasteiger charge is 2.49. The standard InChI is InChI=1S/C31H33F2N3O5.HI/c1-36(2)17-15-34(16-18-36)31(40)41-24-11-12-25(28(38)19-24)29-26(13-14-27(37)20-3-5-21(32)6-4-20)30(39)35(29)23-9-7-22(33)8-10-23;/h3-12,19,26-27,29,37H,13-18H2,1-2H3;1H/t26-,27+,29-;/m1./s1. The van der Waals surface area contributed by atoms with Crippen molar-refractivity contribution in [3.63, 3.8) is 0 Å². The highest BCUT2D eigenvalue weighted by Crippen LogP contribution is 2.49. The summed E-state index contributed by atoms with van der Waals surface area (Å²) in [5, 5.41) is 21.7. The van der Waals surface area contributed by atoms with Gasteiger partial charge in [-0.2, -0.15) is 0 Å². The first kappa shape index (κ1) is 31.6. The van der Waals surface area contributed by atoms with Crippen LogP contribution < -0.4 is 33.6 Å². The van der Waals surface area contributed by atoms with Crippen LogP contribution in [-0.2, 0) is 4.79 Å². The molecule has 0 spiro atoms. The fourth-order valence-electron chi connectivity index (χ4n) is 5.46. The van der Waals surface area contributed by atoms with Crippen molar-refractivity contribution in [1.29, 1.82) is 0 Å². The number of benzene rings is 3. The summed E-state index contributed by atoms with van der Waals surface area (Å²) in [4.78, 5) is 29.1. The highest BCUT2D eigenvalue weighted by atomic mass is 127. The molecule has 2 saturated heterocycles. The van der Waals surface area contributed by atoms with E-state index in [4.69, 9.17) is 4.74 Å². The molecule has 3 atom stereocenters. The number of ether oxygens (including phenoxy) is 1. The summed E-state index contributed by atoms with van der Waals surface area (Å²) >= 11 is 0. The van der Waals surface area contributed by atoms with Crippen molar-refractivity contribution in [3.8, 4) is 11.5 Å². The molecule has 11 heteroatoms. The Morgan fingerprint density at radius 2 is 1.60 bits per heavy atom. The first-order valence-corrected chi connectivity index (χ1v) is 13.7. The predicted molar refractivity (Wildman–Crippen MR) is 148 cm³/mol. The van der Waals surface area contributed by atoms with E-state index < -0.39 is 35.8 Å². The number of anilines is 1. The van der Waals surface area contributed by atoms with Crippen molar-refractivity contribution >= 4 is 17.7 Å². The number of aliphatic hydroxyl groups is 1. The summed E-state index contributed by atoms with van der Waals surface area (Å²) in [5.41, 5.74) is 1.44. The molecule has 0 radical (unpaired) electrons. The number of carbonyl (C=O) groups is 2. The zero-order valence-corrected chi connectivity index (χ0v) is 25.6. The van der Waals surface area contributed by atoms with E-state index in [9.17, 15) is 28.6 Å². The minimum atomic E-state index is -0.904. The number of amides is 2. The van der Waals surface area contributed by atoms with Crippen molar-refractivity contribution in [2.75, 3.05) is 45.2 Å². The summed E-state index contributed by atoms with van der Waals surface area (Å²) < 4.78 is 33.3. The maximum Gasteiger partial charge on any atom is 0.415 e. The molecular formula is C31H34F2IN3O5. The van der Waals surface area contributed by atoms with Crippen LogP contribution >= 0.6 is 0 Å². The van der Waals surface area contributed by atoms with Crippen molar-refractivity contribution in [2.24, 2.45) is 5.92 Å². The van der Waals surface area contributed by atoms with Crippen LogP contribution in [0.5, 0.6) is 11.5 Å². The second-order valence-electron chi connectivity index (χ2n) is 11.3. The van der Waals surface area contributed by atoms with Crippen molar-refractivity contribution < 1.29 is 61.8 Å². The minimum Gasteiger partial charge on any atom is -1.00 e. The first-order valence-electron chi connectivity index (χ1n) is 13.7. The number of hydrogen-bond acceptors (Lipinski definition) is 5. The predicted octanol–water partition coefficient (Wildman–Crippen LogP) is 1.78. The number of phenolic OH excluding ortho intramolecular Hbond substituents is 1. The summed E-state index contributed by atoms with van der Waals surface area (Å²) in [7, 11) is 4.22. The molecule has 3 aromatic carbocycles. The zero-order valence-electron chi connectivity index (χ0n) is 23.4. The molecule has 2 N–H and O–H groups in total. The number of rotatable bonds is 7. The average Bonchev–Trinajstić information content (AvgIpc) is 2.93. The number of quaternary nitrogens is 1. The Balaban J connectivity index is 0.00000405. The molecule has 0 aliphatic carbocycles. The van der Waals surface area contributed by atoms with Gasteiger partial charge in [0.25, 0.3) is 0 Å². The van der Waals surface area contributed by atoms with E-state index in [1.807, 2.05) is 0 Å². The van der Waals surface area contributed by atoms with Crippen LogP contribution in [0, 0.1) is 17.6 Å². The van der Waals surface area contributed by atoms with Gasteiger partial charge in [-0.15, -0.1) is 0 Å². The lowest BCUT2D eigenvalue weighted by Gasteiger charge is -2.48. The van der Waals surface area contributed by atoms with Gasteiger partial charge in [0.15, 0.2) is 0 Å². The summed E-state index contributed by atoms with van der Waals surface area (Å²) in [6.45, 7) is 2.76. The Kier molecular flexibility index (Phi) is 9.74. The van der Waals surface area contributed by atoms with Gasteiger partial charge in [0.2, 0.25) is 5.91 Å². The molecule has 2 heterocycles. The van der Waals surface area contributed by atoms with E-state index in [0.717, 1.165) is 17.6 Å². The number of likely N-dealkylation sites (N-methyl/N-ethyl adjacent to an activating group) is 1. The molecule has 224 valence electrons. The first-order chi connectivity index (χ1) is 19.5. The monoisotopic (exact) mass is 693 g/mol. The third-order valence-corrected chi connectivity index (χ3v) is 8.06. The van der Waals surface area contributed by atoms with Gasteiger partial charge in [0.1, 0.15) is 23.1 Å². The Bertz CT molecular complexity index is 1410. The van der Waals surface area contributed by atoms with Crippen molar-refractivity contribution in [3.05, 3.63) is 89.5 Å². The lowest BCUT2D eigenvalue weighted by atomic mass is 9.78. The lowest BCUT2D eigenvalue weighted by Crippen LogP contribution is -3.00. The van der Waals surface area contributed by atoms with Crippen LogP contribution in [-0.4, -0.2) is 71.9 Å². The van der Waals surface area contributed by atoms with Crippen molar-refractivity contribution in [2.45, 2.75) is 25.0 Å². The van der Waals surface area contributed by atoms with Gasteiger partial charge >= 0.3 is 6.09 Å². The van der Waals surface area contributed by atoms with E-state index in [-0.39, 0.29) is 47.8 Å². The quantitative estimate of drug-likeness (QED) is 0.224. The van der Waals surface area contributed by atoms with Crippen LogP contribution in [0.1, 0.15) is 36.1 Å². The van der Waals surface area contributed by atoms with E-state index in [0.29, 0.717) is 36.3 Å². The normalized spacial score (nSPS) is 20.4. The number of β-lactam (4-membered cyclic amide) rings is 1. The van der Waals surface area contributed by atoms with Gasteiger partial charge in [0, 0.05) is 17.3 Å². The van der Waals surface area contributed by atoms with Crippen LogP contribution in [0.3, 0.4) is 0 Å². The fraction of sp³-hybridized carbons (Fsp3) is 0.355. The molecule has 0 unspecified atom stereocenters. The number of aromatic hydroxyl groups is 1. The fourth-order valence-corrected chi connectivity index (χ4v) is 5.46. The number of phenols is 1. The van der Waals surface area contributed by atoms with E-state index >= 15 is 0 Å². The number of halogens is 3. The Hall–Kier alpha value is -3.29. The molecule has 0 bridgehead atoms. The topological polar surface area (TPSA) is 90.3 Å². The van der Waals surface area contributed by atoms with Crippen LogP contribution in [0.15, 0.2) is 66.7 Å². The number of piperazine rings is 1. The minimum absolute atomic E-state index is 0. The molecule has 0 aromatic heterocycles. The zero-order chi connectivity index (χ0) is 29.3. The third kappa shape index (κ3) is 6.84. The van der Waals surface area contributed by atoms with E-state index in [1.165, 1.54) is 59.5 Å². The molecule has 0 saturated carbocycles. The molecule has 2 fully saturated rings. The van der Waals surface area contributed by atoms with E-state index in [2.05, 4.69) is 14.1 Å². The number of hydrogen-bond donors (Lipinski definition) is 2. The lowest BCUT2D eigenvalue weighted by molar-refractivity contribution is -0.894. The van der Waals surface area contributed by atoms with Crippen molar-refractivity contribution in [1.82, 2.24) is 4.90 Å². The smallest absolute Gasteiger partial charge is 0.415 e. The van der Waals surface area contributed by atoms with Gasteiger partial charge in [-0.05, 0) is 66.9 Å². The van der Waals surface area contributed by atoms with Gasteiger partial charge < -0.3 is 48.3 Å².